The Kier molecular flexibility index (Phi) is 4.52. The molecule has 6 nitrogen and oxygen atoms in total. The van der Waals surface area contributed by atoms with Crippen LogP contribution in [0, 0.1) is 0 Å². The van der Waals surface area contributed by atoms with Crippen LogP contribution < -0.4 is 10.2 Å². The molecule has 1 atom stereocenters. The molecule has 1 aromatic heterocycles. The van der Waals surface area contributed by atoms with Gasteiger partial charge in [-0.05, 0) is 37.1 Å². The lowest BCUT2D eigenvalue weighted by Gasteiger charge is -2.20. The molecule has 3 rings (SSSR count). The number of hydrogen-bond donors (Lipinski definition) is 1. The number of amides is 2. The monoisotopic (exact) mass is 352 g/mol. The average Bonchev–Trinajstić information content (AvgIpc) is 2.89. The number of rotatable bonds is 2. The summed E-state index contributed by atoms with van der Waals surface area (Å²) in [5.74, 6) is 0.480. The fourth-order valence-corrected chi connectivity index (χ4v) is 3.22. The Balaban J connectivity index is 1.77. The van der Waals surface area contributed by atoms with Crippen LogP contribution in [0.15, 0.2) is 30.6 Å². The normalized spacial score (nSPS) is 16.3. The van der Waals surface area contributed by atoms with E-state index < -0.39 is 0 Å². The van der Waals surface area contributed by atoms with Gasteiger partial charge in [0, 0.05) is 42.1 Å². The third-order valence-corrected chi connectivity index (χ3v) is 4.48. The lowest BCUT2D eigenvalue weighted by atomic mass is 9.96. The fourth-order valence-electron chi connectivity index (χ4n) is 3.22. The number of nitrogens with zero attached hydrogens (tertiary/aromatic N) is 3. The van der Waals surface area contributed by atoms with Crippen molar-refractivity contribution in [2.24, 2.45) is 0 Å². The van der Waals surface area contributed by atoms with Gasteiger partial charge in [-0.15, -0.1) is 0 Å². The standard InChI is InChI=1S/C20H24N4O2/c1-12-8-14-9-16(6-7-17(14)24(12)13(2)25)23-18(26)15-10-21-19(22-11-15)20(3,4)5/h6-7,9-12H,8H2,1-5H3,(H,23,26)/t12-/m0/s1. The van der Waals surface area contributed by atoms with Gasteiger partial charge < -0.3 is 10.2 Å². The lowest BCUT2D eigenvalue weighted by Crippen LogP contribution is -2.33. The van der Waals surface area contributed by atoms with E-state index in [-0.39, 0.29) is 23.3 Å². The first-order chi connectivity index (χ1) is 12.2. The van der Waals surface area contributed by atoms with Gasteiger partial charge in [-0.3, -0.25) is 9.59 Å². The van der Waals surface area contributed by atoms with Crippen LogP contribution in [0.4, 0.5) is 11.4 Å². The van der Waals surface area contributed by atoms with Crippen LogP contribution in [0.25, 0.3) is 0 Å². The molecule has 1 aliphatic heterocycles. The van der Waals surface area contributed by atoms with Gasteiger partial charge in [0.2, 0.25) is 5.91 Å². The van der Waals surface area contributed by atoms with Crippen LogP contribution in [0.1, 0.15) is 56.4 Å². The van der Waals surface area contributed by atoms with E-state index in [0.29, 0.717) is 17.1 Å². The molecule has 0 saturated carbocycles. The first-order valence-electron chi connectivity index (χ1n) is 8.73. The van der Waals surface area contributed by atoms with Crippen molar-refractivity contribution in [2.45, 2.75) is 52.5 Å². The SMILES string of the molecule is CC(=O)N1c2ccc(NC(=O)c3cnc(C(C)(C)C)nc3)cc2C[C@@H]1C. The van der Waals surface area contributed by atoms with E-state index >= 15 is 0 Å². The second kappa shape index (κ2) is 6.52. The van der Waals surface area contributed by atoms with Gasteiger partial charge >= 0.3 is 0 Å². The molecule has 2 aromatic rings. The summed E-state index contributed by atoms with van der Waals surface area (Å²) < 4.78 is 0. The largest absolute Gasteiger partial charge is 0.322 e. The minimum absolute atomic E-state index is 0.0316. The molecule has 6 heteroatoms. The average molecular weight is 352 g/mol. The van der Waals surface area contributed by atoms with Crippen molar-refractivity contribution in [3.8, 4) is 0 Å². The van der Waals surface area contributed by atoms with Crippen LogP contribution in [0.2, 0.25) is 0 Å². The van der Waals surface area contributed by atoms with Gasteiger partial charge in [-0.2, -0.15) is 0 Å². The number of carbonyl (C=O) groups excluding carboxylic acids is 2. The first kappa shape index (κ1) is 18.0. The number of fused-ring (bicyclic) bond motifs is 1. The topological polar surface area (TPSA) is 75.2 Å². The van der Waals surface area contributed by atoms with Crippen molar-refractivity contribution in [1.29, 1.82) is 0 Å². The van der Waals surface area contributed by atoms with Crippen LogP contribution in [-0.4, -0.2) is 27.8 Å². The van der Waals surface area contributed by atoms with Crippen LogP contribution >= 0.6 is 0 Å². The molecule has 26 heavy (non-hydrogen) atoms. The van der Waals surface area contributed by atoms with E-state index in [4.69, 9.17) is 0 Å². The Labute approximate surface area is 153 Å². The van der Waals surface area contributed by atoms with Crippen LogP contribution in [0.5, 0.6) is 0 Å². The van der Waals surface area contributed by atoms with Crippen molar-refractivity contribution in [2.75, 3.05) is 10.2 Å². The summed E-state index contributed by atoms with van der Waals surface area (Å²) in [6.45, 7) is 9.67. The van der Waals surface area contributed by atoms with Gasteiger partial charge in [0.15, 0.2) is 0 Å². The second-order valence-electron chi connectivity index (χ2n) is 7.79. The summed E-state index contributed by atoms with van der Waals surface area (Å²) >= 11 is 0. The van der Waals surface area contributed by atoms with E-state index in [1.54, 1.807) is 24.2 Å². The Morgan fingerprint density at radius 3 is 2.42 bits per heavy atom. The third kappa shape index (κ3) is 3.45. The van der Waals surface area contributed by atoms with Gasteiger partial charge in [-0.25, -0.2) is 9.97 Å². The van der Waals surface area contributed by atoms with E-state index in [2.05, 4.69) is 15.3 Å². The highest BCUT2D eigenvalue weighted by Gasteiger charge is 2.29. The van der Waals surface area contributed by atoms with Gasteiger partial charge in [0.25, 0.3) is 5.91 Å². The highest BCUT2D eigenvalue weighted by atomic mass is 16.2. The summed E-state index contributed by atoms with van der Waals surface area (Å²) in [5.41, 5.74) is 2.93. The highest BCUT2D eigenvalue weighted by Crippen LogP contribution is 2.34. The zero-order chi connectivity index (χ0) is 19.1. The molecule has 0 spiro atoms. The quantitative estimate of drug-likeness (QED) is 0.899. The summed E-state index contributed by atoms with van der Waals surface area (Å²) in [7, 11) is 0. The summed E-state index contributed by atoms with van der Waals surface area (Å²) in [4.78, 5) is 34.6. The van der Waals surface area contributed by atoms with Crippen molar-refractivity contribution in [3.63, 3.8) is 0 Å². The summed E-state index contributed by atoms with van der Waals surface area (Å²) in [6, 6.07) is 5.76. The van der Waals surface area contributed by atoms with Gasteiger partial charge in [0.05, 0.1) is 5.56 Å². The summed E-state index contributed by atoms with van der Waals surface area (Å²) in [5, 5.41) is 2.88. The number of nitrogens with one attached hydrogen (secondary N) is 1. The minimum atomic E-state index is -0.250. The molecule has 0 radical (unpaired) electrons. The van der Waals surface area contributed by atoms with Gasteiger partial charge in [-0.1, -0.05) is 20.8 Å². The zero-order valence-electron chi connectivity index (χ0n) is 15.8. The van der Waals surface area contributed by atoms with Gasteiger partial charge in [0.1, 0.15) is 5.82 Å². The molecule has 1 aromatic carbocycles. The Bertz CT molecular complexity index is 853. The Morgan fingerprint density at radius 2 is 1.85 bits per heavy atom. The number of aromatic nitrogens is 2. The number of benzene rings is 1. The lowest BCUT2D eigenvalue weighted by molar-refractivity contribution is -0.116. The second-order valence-corrected chi connectivity index (χ2v) is 7.79. The molecule has 1 N–H and O–H groups in total. The van der Waals surface area contributed by atoms with E-state index in [0.717, 1.165) is 17.7 Å². The minimum Gasteiger partial charge on any atom is -0.322 e. The van der Waals surface area contributed by atoms with Crippen molar-refractivity contribution in [3.05, 3.63) is 47.5 Å². The van der Waals surface area contributed by atoms with Crippen LogP contribution in [-0.2, 0) is 16.6 Å². The fraction of sp³-hybridized carbons (Fsp3) is 0.400. The maximum atomic E-state index is 12.5. The molecular weight excluding hydrogens is 328 g/mol. The number of carbonyl (C=O) groups is 2. The molecule has 0 fully saturated rings. The summed E-state index contributed by atoms with van der Waals surface area (Å²) in [6.07, 6.45) is 3.88. The van der Waals surface area contributed by atoms with E-state index in [9.17, 15) is 9.59 Å². The van der Waals surface area contributed by atoms with Crippen molar-refractivity contribution < 1.29 is 9.59 Å². The molecule has 0 unspecified atom stereocenters. The molecule has 0 bridgehead atoms. The first-order valence-corrected chi connectivity index (χ1v) is 8.73. The Hall–Kier alpha value is -2.76. The smallest absolute Gasteiger partial charge is 0.258 e. The molecule has 2 heterocycles. The van der Waals surface area contributed by atoms with Crippen molar-refractivity contribution >= 4 is 23.2 Å². The molecule has 1 aliphatic rings. The van der Waals surface area contributed by atoms with Crippen LogP contribution in [0.3, 0.4) is 0 Å². The molecule has 0 saturated heterocycles. The third-order valence-electron chi connectivity index (χ3n) is 4.48. The zero-order valence-corrected chi connectivity index (χ0v) is 15.8. The predicted molar refractivity (Wildman–Crippen MR) is 101 cm³/mol. The molecular formula is C20H24N4O2. The number of hydrogen-bond acceptors (Lipinski definition) is 4. The maximum absolute atomic E-state index is 12.5. The highest BCUT2D eigenvalue weighted by molar-refractivity contribution is 6.04. The van der Waals surface area contributed by atoms with E-state index in [1.165, 1.54) is 0 Å². The Morgan fingerprint density at radius 1 is 1.19 bits per heavy atom. The number of anilines is 2. The van der Waals surface area contributed by atoms with Crippen molar-refractivity contribution in [1.82, 2.24) is 9.97 Å². The molecule has 2 amide bonds. The molecule has 136 valence electrons. The maximum Gasteiger partial charge on any atom is 0.258 e. The van der Waals surface area contributed by atoms with E-state index in [1.807, 2.05) is 45.9 Å². The predicted octanol–water partition coefficient (Wildman–Crippen LogP) is 3.32. The molecule has 0 aliphatic carbocycles.